The van der Waals surface area contributed by atoms with Gasteiger partial charge in [0.05, 0.1) is 5.41 Å². The van der Waals surface area contributed by atoms with Crippen molar-refractivity contribution in [2.24, 2.45) is 0 Å². The number of likely N-dealkylation sites (N-methyl/N-ethyl adjacent to an activating group) is 1. The van der Waals surface area contributed by atoms with Crippen LogP contribution in [0.25, 0.3) is 0 Å². The molecule has 1 unspecified atom stereocenters. The maximum absolute atomic E-state index is 2.58. The summed E-state index contributed by atoms with van der Waals surface area (Å²) in [5.74, 6) is 0. The molecule has 2 nitrogen and oxygen atoms in total. The molecule has 0 fully saturated rings. The largest absolute Gasteiger partial charge is 0.367 e. The van der Waals surface area contributed by atoms with Gasteiger partial charge in [-0.3, -0.25) is 0 Å². The van der Waals surface area contributed by atoms with Crippen LogP contribution in [0.5, 0.6) is 0 Å². The van der Waals surface area contributed by atoms with Crippen LogP contribution in [-0.2, 0) is 10.8 Å². The van der Waals surface area contributed by atoms with Crippen LogP contribution in [0.3, 0.4) is 0 Å². The predicted molar refractivity (Wildman–Crippen MR) is 134 cm³/mol. The summed E-state index contributed by atoms with van der Waals surface area (Å²) in [5.41, 5.74) is 7.22. The van der Waals surface area contributed by atoms with Crippen molar-refractivity contribution in [2.45, 2.75) is 64.8 Å². The summed E-state index contributed by atoms with van der Waals surface area (Å²) in [5, 5.41) is 0. The number of allylic oxidation sites excluding steroid dienone is 3. The van der Waals surface area contributed by atoms with Crippen LogP contribution in [0.1, 0.15) is 59.1 Å². The minimum absolute atomic E-state index is 0.0328. The van der Waals surface area contributed by atoms with Crippen LogP contribution in [0.2, 0.25) is 0 Å². The molecule has 2 heteroatoms. The van der Waals surface area contributed by atoms with E-state index in [1.165, 1.54) is 28.2 Å². The molecular weight excluding hydrogens is 376 g/mol. The van der Waals surface area contributed by atoms with Crippen LogP contribution < -0.4 is 4.90 Å². The molecule has 2 aromatic rings. The Morgan fingerprint density at radius 1 is 0.903 bits per heavy atom. The first-order valence-electron chi connectivity index (χ1n) is 11.8. The third kappa shape index (κ3) is 3.46. The lowest BCUT2D eigenvalue weighted by Crippen LogP contribution is -2.41. The molecule has 0 N–H and O–H groups in total. The Morgan fingerprint density at radius 2 is 1.58 bits per heavy atom. The van der Waals surface area contributed by atoms with E-state index in [9.17, 15) is 0 Å². The molecule has 2 aliphatic heterocycles. The van der Waals surface area contributed by atoms with Gasteiger partial charge in [0.1, 0.15) is 6.54 Å². The minimum Gasteiger partial charge on any atom is -0.367 e. The lowest BCUT2D eigenvalue weighted by Gasteiger charge is -2.33. The molecule has 2 heterocycles. The highest BCUT2D eigenvalue weighted by molar-refractivity contribution is 6.03. The number of fused-ring (bicyclic) bond motifs is 2. The van der Waals surface area contributed by atoms with Gasteiger partial charge >= 0.3 is 0 Å². The molecule has 162 valence electrons. The van der Waals surface area contributed by atoms with Gasteiger partial charge in [0.25, 0.3) is 0 Å². The molecule has 0 spiro atoms. The number of para-hydroxylation sites is 2. The van der Waals surface area contributed by atoms with Gasteiger partial charge in [-0.15, -0.1) is 0 Å². The van der Waals surface area contributed by atoms with Gasteiger partial charge in [-0.2, -0.15) is 4.58 Å². The number of benzene rings is 2. The van der Waals surface area contributed by atoms with Crippen LogP contribution in [0.15, 0.2) is 72.8 Å². The van der Waals surface area contributed by atoms with E-state index in [0.717, 1.165) is 19.5 Å². The third-order valence-corrected chi connectivity index (χ3v) is 7.43. The molecule has 0 radical (unpaired) electrons. The summed E-state index contributed by atoms with van der Waals surface area (Å²) in [4.78, 5) is 2.58. The molecule has 0 saturated heterocycles. The molecule has 1 atom stereocenters. The normalized spacial score (nSPS) is 21.4. The van der Waals surface area contributed by atoms with Gasteiger partial charge in [-0.1, -0.05) is 68.5 Å². The molecule has 4 rings (SSSR count). The van der Waals surface area contributed by atoms with Crippen molar-refractivity contribution < 1.29 is 4.58 Å². The van der Waals surface area contributed by atoms with E-state index >= 15 is 0 Å². The fourth-order valence-corrected chi connectivity index (χ4v) is 5.73. The summed E-state index contributed by atoms with van der Waals surface area (Å²) in [6.07, 6.45) is 10.2. The average Bonchev–Trinajstić information content (AvgIpc) is 3.12. The van der Waals surface area contributed by atoms with E-state index in [0.29, 0.717) is 6.04 Å². The van der Waals surface area contributed by atoms with Crippen molar-refractivity contribution in [3.05, 3.63) is 84.0 Å². The standard InChI is InChI=1S/C29H37N2/c1-7-30-24-18-14-12-16-22(24)28(3,4)26(30)20-10-9-11-21-27-29(5,6)23-17-13-15-19-25(23)31(27)8-2/h9-20,27H,7-8,21H2,1-6H3/q+1/b11-9+,20-10+. The van der Waals surface area contributed by atoms with Crippen molar-refractivity contribution >= 4 is 17.1 Å². The first-order valence-corrected chi connectivity index (χ1v) is 11.8. The number of anilines is 1. The van der Waals surface area contributed by atoms with Gasteiger partial charge in [0.2, 0.25) is 5.69 Å². The Hall–Kier alpha value is -2.61. The van der Waals surface area contributed by atoms with Crippen LogP contribution >= 0.6 is 0 Å². The van der Waals surface area contributed by atoms with E-state index in [2.05, 4.69) is 124 Å². The Morgan fingerprint density at radius 3 is 2.29 bits per heavy atom. The molecule has 2 aliphatic rings. The van der Waals surface area contributed by atoms with E-state index < -0.39 is 0 Å². The Bertz CT molecular complexity index is 1050. The smallest absolute Gasteiger partial charge is 0.209 e. The lowest BCUT2D eigenvalue weighted by atomic mass is 9.79. The quantitative estimate of drug-likeness (QED) is 0.374. The topological polar surface area (TPSA) is 6.25 Å². The first kappa shape index (κ1) is 21.6. The van der Waals surface area contributed by atoms with E-state index in [1.54, 1.807) is 0 Å². The van der Waals surface area contributed by atoms with Crippen LogP contribution in [-0.4, -0.2) is 29.4 Å². The average molecular weight is 414 g/mol. The Kier molecular flexibility index (Phi) is 5.68. The predicted octanol–water partition coefficient (Wildman–Crippen LogP) is 6.77. The molecule has 0 saturated carbocycles. The van der Waals surface area contributed by atoms with Gasteiger partial charge in [0.15, 0.2) is 5.71 Å². The van der Waals surface area contributed by atoms with Crippen molar-refractivity contribution in [1.82, 2.24) is 0 Å². The summed E-state index contributed by atoms with van der Waals surface area (Å²) < 4.78 is 2.45. The fraction of sp³-hybridized carbons (Fsp3) is 0.414. The van der Waals surface area contributed by atoms with E-state index in [-0.39, 0.29) is 10.8 Å². The van der Waals surface area contributed by atoms with Gasteiger partial charge < -0.3 is 4.90 Å². The second kappa shape index (κ2) is 8.15. The first-order chi connectivity index (χ1) is 14.8. The fourth-order valence-electron chi connectivity index (χ4n) is 5.73. The van der Waals surface area contributed by atoms with Crippen molar-refractivity contribution in [2.75, 3.05) is 18.0 Å². The Labute approximate surface area is 188 Å². The number of hydrogen-bond donors (Lipinski definition) is 0. The maximum Gasteiger partial charge on any atom is 0.209 e. The molecule has 31 heavy (non-hydrogen) atoms. The number of hydrogen-bond acceptors (Lipinski definition) is 1. The molecular formula is C29H37N2+. The molecule has 0 aromatic heterocycles. The van der Waals surface area contributed by atoms with Gasteiger partial charge in [-0.05, 0) is 45.7 Å². The zero-order valence-electron chi connectivity index (χ0n) is 20.0. The van der Waals surface area contributed by atoms with Crippen LogP contribution in [0, 0.1) is 0 Å². The monoisotopic (exact) mass is 413 g/mol. The molecule has 2 aromatic carbocycles. The van der Waals surface area contributed by atoms with Gasteiger partial charge in [-0.25, -0.2) is 0 Å². The minimum atomic E-state index is 0.0328. The van der Waals surface area contributed by atoms with E-state index in [1.807, 2.05) is 0 Å². The highest BCUT2D eigenvalue weighted by Crippen LogP contribution is 2.46. The summed E-state index contributed by atoms with van der Waals surface area (Å²) in [6.45, 7) is 16.0. The Balaban J connectivity index is 1.52. The molecule has 0 amide bonds. The number of rotatable bonds is 6. The van der Waals surface area contributed by atoms with Crippen molar-refractivity contribution in [1.29, 1.82) is 0 Å². The second-order valence-electron chi connectivity index (χ2n) is 9.84. The second-order valence-corrected chi connectivity index (χ2v) is 9.84. The lowest BCUT2D eigenvalue weighted by molar-refractivity contribution is -0.433. The summed E-state index contributed by atoms with van der Waals surface area (Å²) in [6, 6.07) is 18.2. The third-order valence-electron chi connectivity index (χ3n) is 7.43. The van der Waals surface area contributed by atoms with Crippen molar-refractivity contribution in [3.8, 4) is 0 Å². The van der Waals surface area contributed by atoms with Crippen molar-refractivity contribution in [3.63, 3.8) is 0 Å². The molecule has 0 aliphatic carbocycles. The highest BCUT2D eigenvalue weighted by atomic mass is 15.2. The number of nitrogens with zero attached hydrogens (tertiary/aromatic N) is 2. The van der Waals surface area contributed by atoms with E-state index in [4.69, 9.17) is 0 Å². The molecule has 0 bridgehead atoms. The SMILES string of the molecule is CCN1c2ccccc2C(C)(C)C1C/C=C/C=C/C1=[N+](CC)c2ccccc2C1(C)C. The highest BCUT2D eigenvalue weighted by Gasteiger charge is 2.44. The zero-order valence-corrected chi connectivity index (χ0v) is 20.0. The summed E-state index contributed by atoms with van der Waals surface area (Å²) in [7, 11) is 0. The van der Waals surface area contributed by atoms with Crippen LogP contribution in [0.4, 0.5) is 11.4 Å². The summed E-state index contributed by atoms with van der Waals surface area (Å²) >= 11 is 0. The maximum atomic E-state index is 2.58. The van der Waals surface area contributed by atoms with Gasteiger partial charge in [0, 0.05) is 41.4 Å². The zero-order chi connectivity index (χ0) is 22.2.